The number of nitrogens with zero attached hydrogens (tertiary/aromatic N) is 2. The van der Waals surface area contributed by atoms with Crippen LogP contribution in [0.25, 0.3) is 0 Å². The minimum atomic E-state index is -0.624. The van der Waals surface area contributed by atoms with Crippen molar-refractivity contribution in [3.63, 3.8) is 0 Å². The summed E-state index contributed by atoms with van der Waals surface area (Å²) in [6.07, 6.45) is -0.113. The topological polar surface area (TPSA) is 102 Å². The van der Waals surface area contributed by atoms with Gasteiger partial charge in [-0.25, -0.2) is 0 Å². The van der Waals surface area contributed by atoms with Gasteiger partial charge in [0.2, 0.25) is 17.6 Å². The second-order valence-corrected chi connectivity index (χ2v) is 6.54. The molecule has 0 N–H and O–H groups in total. The van der Waals surface area contributed by atoms with Crippen LogP contribution in [0.4, 0.5) is 0 Å². The number of esters is 1. The third kappa shape index (κ3) is 6.20. The van der Waals surface area contributed by atoms with Gasteiger partial charge in [-0.05, 0) is 12.1 Å². The number of amides is 2. The summed E-state index contributed by atoms with van der Waals surface area (Å²) in [5, 5.41) is 0. The Morgan fingerprint density at radius 1 is 0.931 bits per heavy atom. The Kier molecular flexibility index (Phi) is 7.99. The second-order valence-electron chi connectivity index (χ2n) is 6.54. The van der Waals surface area contributed by atoms with Crippen LogP contribution < -0.4 is 9.47 Å². The predicted octanol–water partition coefficient (Wildman–Crippen LogP) is 0.901. The first-order valence-electron chi connectivity index (χ1n) is 9.29. The molecule has 2 amide bonds. The largest absolute Gasteiger partial charge is 0.497 e. The summed E-state index contributed by atoms with van der Waals surface area (Å²) < 4.78 is 15.2. The minimum Gasteiger partial charge on any atom is -0.497 e. The lowest BCUT2D eigenvalue weighted by Crippen LogP contribution is -2.50. The van der Waals surface area contributed by atoms with Crippen LogP contribution in [-0.2, 0) is 19.1 Å². The summed E-state index contributed by atoms with van der Waals surface area (Å²) in [5.41, 5.74) is 0.278. The molecule has 0 bridgehead atoms. The molecule has 0 atom stereocenters. The Morgan fingerprint density at radius 3 is 2.17 bits per heavy atom. The van der Waals surface area contributed by atoms with Gasteiger partial charge in [0.25, 0.3) is 0 Å². The molecule has 29 heavy (non-hydrogen) atoms. The van der Waals surface area contributed by atoms with Gasteiger partial charge in [-0.2, -0.15) is 0 Å². The third-order valence-electron chi connectivity index (χ3n) is 4.69. The first-order chi connectivity index (χ1) is 13.8. The molecule has 0 aliphatic carbocycles. The summed E-state index contributed by atoms with van der Waals surface area (Å²) in [7, 11) is 2.93. The quantitative estimate of drug-likeness (QED) is 0.467. The van der Waals surface area contributed by atoms with Crippen molar-refractivity contribution in [3.05, 3.63) is 23.8 Å². The van der Waals surface area contributed by atoms with E-state index in [9.17, 15) is 19.2 Å². The number of piperazine rings is 1. The van der Waals surface area contributed by atoms with Gasteiger partial charge in [0.15, 0.2) is 6.61 Å². The highest BCUT2D eigenvalue weighted by Gasteiger charge is 2.23. The van der Waals surface area contributed by atoms with E-state index in [1.807, 2.05) is 0 Å². The lowest BCUT2D eigenvalue weighted by Gasteiger charge is -2.34. The summed E-state index contributed by atoms with van der Waals surface area (Å²) in [6, 6.07) is 4.72. The number of hydrogen-bond acceptors (Lipinski definition) is 7. The van der Waals surface area contributed by atoms with Crippen LogP contribution in [0.1, 0.15) is 30.1 Å². The molecule has 1 aliphatic rings. The normalized spacial score (nSPS) is 13.6. The zero-order valence-electron chi connectivity index (χ0n) is 16.9. The number of ether oxygens (including phenoxy) is 3. The van der Waals surface area contributed by atoms with Gasteiger partial charge >= 0.3 is 5.97 Å². The average molecular weight is 406 g/mol. The number of rotatable bonds is 8. The fourth-order valence-corrected chi connectivity index (χ4v) is 2.96. The molecule has 9 heteroatoms. The zero-order valence-corrected chi connectivity index (χ0v) is 16.9. The number of hydrogen-bond donors (Lipinski definition) is 0. The van der Waals surface area contributed by atoms with Crippen molar-refractivity contribution in [1.82, 2.24) is 9.80 Å². The standard InChI is InChI=1S/C20H26N2O7/c1-14(23)21-8-10-22(11-9-21)19(25)6-7-20(26)29-13-17(24)16-5-4-15(27-2)12-18(16)28-3/h4-5,12H,6-11,13H2,1-3H3. The van der Waals surface area contributed by atoms with Gasteiger partial charge < -0.3 is 24.0 Å². The Labute approximate surface area is 169 Å². The second kappa shape index (κ2) is 10.4. The summed E-state index contributed by atoms with van der Waals surface area (Å²) in [5.74, 6) is -0.360. The van der Waals surface area contributed by atoms with E-state index in [4.69, 9.17) is 14.2 Å². The average Bonchev–Trinajstić information content (AvgIpc) is 2.75. The summed E-state index contributed by atoms with van der Waals surface area (Å²) >= 11 is 0. The van der Waals surface area contributed by atoms with Crippen molar-refractivity contribution in [1.29, 1.82) is 0 Å². The molecule has 9 nitrogen and oxygen atoms in total. The fourth-order valence-electron chi connectivity index (χ4n) is 2.96. The molecule has 1 aromatic carbocycles. The van der Waals surface area contributed by atoms with Crippen molar-refractivity contribution in [2.24, 2.45) is 0 Å². The van der Waals surface area contributed by atoms with E-state index in [-0.39, 0.29) is 30.2 Å². The van der Waals surface area contributed by atoms with Crippen LogP contribution in [0, 0.1) is 0 Å². The molecule has 158 valence electrons. The molecular formula is C20H26N2O7. The minimum absolute atomic E-state index is 0.00104. The van der Waals surface area contributed by atoms with E-state index >= 15 is 0 Å². The highest BCUT2D eigenvalue weighted by Crippen LogP contribution is 2.25. The lowest BCUT2D eigenvalue weighted by atomic mass is 10.1. The lowest BCUT2D eigenvalue weighted by molar-refractivity contribution is -0.145. The fraction of sp³-hybridized carbons (Fsp3) is 0.500. The number of carbonyl (C=O) groups excluding carboxylic acids is 4. The number of carbonyl (C=O) groups is 4. The van der Waals surface area contributed by atoms with Crippen LogP contribution in [0.2, 0.25) is 0 Å². The first kappa shape index (κ1) is 22.2. The van der Waals surface area contributed by atoms with Crippen LogP contribution in [0.3, 0.4) is 0 Å². The Balaban J connectivity index is 1.76. The third-order valence-corrected chi connectivity index (χ3v) is 4.69. The highest BCUT2D eigenvalue weighted by atomic mass is 16.5. The van der Waals surface area contributed by atoms with Crippen LogP contribution >= 0.6 is 0 Å². The van der Waals surface area contributed by atoms with E-state index in [1.165, 1.54) is 27.2 Å². The van der Waals surface area contributed by atoms with Crippen LogP contribution in [0.15, 0.2) is 18.2 Å². The monoisotopic (exact) mass is 406 g/mol. The molecule has 0 saturated carbocycles. The van der Waals surface area contributed by atoms with Crippen molar-refractivity contribution in [2.45, 2.75) is 19.8 Å². The van der Waals surface area contributed by atoms with Gasteiger partial charge in [-0.1, -0.05) is 0 Å². The van der Waals surface area contributed by atoms with Gasteiger partial charge in [0, 0.05) is 45.6 Å². The smallest absolute Gasteiger partial charge is 0.306 e. The van der Waals surface area contributed by atoms with Crippen molar-refractivity contribution in [2.75, 3.05) is 47.0 Å². The van der Waals surface area contributed by atoms with Gasteiger partial charge in [-0.15, -0.1) is 0 Å². The van der Waals surface area contributed by atoms with E-state index in [2.05, 4.69) is 0 Å². The van der Waals surface area contributed by atoms with Crippen molar-refractivity contribution in [3.8, 4) is 11.5 Å². The number of benzene rings is 1. The van der Waals surface area contributed by atoms with Gasteiger partial charge in [0.05, 0.1) is 26.2 Å². The molecule has 0 aromatic heterocycles. The van der Waals surface area contributed by atoms with Crippen molar-refractivity contribution < 1.29 is 33.4 Å². The summed E-state index contributed by atoms with van der Waals surface area (Å²) in [6.45, 7) is 2.93. The molecular weight excluding hydrogens is 380 g/mol. The molecule has 1 saturated heterocycles. The Bertz CT molecular complexity index is 770. The summed E-state index contributed by atoms with van der Waals surface area (Å²) in [4.78, 5) is 51.0. The molecule has 1 heterocycles. The van der Waals surface area contributed by atoms with E-state index < -0.39 is 18.4 Å². The van der Waals surface area contributed by atoms with Crippen LogP contribution in [-0.4, -0.2) is 80.4 Å². The molecule has 2 rings (SSSR count). The Hall–Kier alpha value is -3.10. The molecule has 0 unspecified atom stereocenters. The molecule has 1 aliphatic heterocycles. The van der Waals surface area contributed by atoms with E-state index in [0.717, 1.165) is 0 Å². The maximum atomic E-state index is 12.3. The molecule has 1 fully saturated rings. The van der Waals surface area contributed by atoms with Crippen molar-refractivity contribution >= 4 is 23.6 Å². The van der Waals surface area contributed by atoms with E-state index in [0.29, 0.717) is 37.7 Å². The maximum Gasteiger partial charge on any atom is 0.306 e. The maximum absolute atomic E-state index is 12.3. The first-order valence-corrected chi connectivity index (χ1v) is 9.29. The molecule has 1 aromatic rings. The van der Waals surface area contributed by atoms with E-state index in [1.54, 1.807) is 21.9 Å². The highest BCUT2D eigenvalue weighted by molar-refractivity contribution is 6.00. The number of methoxy groups -OCH3 is 2. The Morgan fingerprint density at radius 2 is 1.59 bits per heavy atom. The predicted molar refractivity (Wildman–Crippen MR) is 103 cm³/mol. The number of ketones is 1. The van der Waals surface area contributed by atoms with Gasteiger partial charge in [-0.3, -0.25) is 19.2 Å². The molecule has 0 spiro atoms. The SMILES string of the molecule is COc1ccc(C(=O)COC(=O)CCC(=O)N2CCN(C(C)=O)CC2)c(OC)c1. The molecule has 0 radical (unpaired) electrons. The number of Topliss-reactive ketones (excluding diaryl/α,β-unsaturated/α-hetero) is 1. The van der Waals surface area contributed by atoms with Crippen LogP contribution in [0.5, 0.6) is 11.5 Å². The zero-order chi connectivity index (χ0) is 21.4. The van der Waals surface area contributed by atoms with Gasteiger partial charge in [0.1, 0.15) is 11.5 Å².